The summed E-state index contributed by atoms with van der Waals surface area (Å²) < 4.78 is 39.9. The molecule has 5 atom stereocenters. The summed E-state index contributed by atoms with van der Waals surface area (Å²) in [6.45, 7) is 12.0. The number of carbonyl (C=O) groups excluding carboxylic acids is 3. The number of fused-ring (bicyclic) bond motifs is 1. The fraction of sp³-hybridized carbons (Fsp3) is 0.452. The quantitative estimate of drug-likeness (QED) is 0.124. The number of ketones is 1. The molecule has 4 aromatic rings. The van der Waals surface area contributed by atoms with Crippen LogP contribution in [0.4, 0.5) is 0 Å². The molecule has 0 bridgehead atoms. The van der Waals surface area contributed by atoms with Gasteiger partial charge in [-0.25, -0.2) is 18.4 Å². The maximum Gasteiger partial charge on any atom is 0.240 e. The number of allylic oxidation sites excluding steroid dienone is 1. The number of thiazole rings is 1. The predicted octanol–water partition coefficient (Wildman–Crippen LogP) is 8.19. The van der Waals surface area contributed by atoms with E-state index in [2.05, 4.69) is 16.3 Å². The summed E-state index contributed by atoms with van der Waals surface area (Å²) in [4.78, 5) is 55.4. The van der Waals surface area contributed by atoms with Crippen molar-refractivity contribution in [1.29, 1.82) is 0 Å². The van der Waals surface area contributed by atoms with Crippen molar-refractivity contribution < 1.29 is 32.3 Å². The highest BCUT2D eigenvalue weighted by atomic mass is 35.5. The van der Waals surface area contributed by atoms with Gasteiger partial charge in [-0.2, -0.15) is 0 Å². The maximum atomic E-state index is 15.0. The number of nitrogens with zero attached hydrogens (tertiary/aromatic N) is 3. The molecule has 11 nitrogen and oxygen atoms in total. The summed E-state index contributed by atoms with van der Waals surface area (Å²) in [6, 6.07) is 14.3. The van der Waals surface area contributed by atoms with E-state index >= 15 is 0 Å². The van der Waals surface area contributed by atoms with Crippen molar-refractivity contribution >= 4 is 86.1 Å². The van der Waals surface area contributed by atoms with E-state index < -0.39 is 50.1 Å². The molecule has 1 aliphatic heterocycles. The fourth-order valence-electron chi connectivity index (χ4n) is 7.86. The number of hydrogen-bond acceptors (Lipinski definition) is 10. The van der Waals surface area contributed by atoms with Crippen molar-refractivity contribution in [2.75, 3.05) is 13.7 Å². The molecule has 2 aromatic carbocycles. The van der Waals surface area contributed by atoms with Crippen LogP contribution in [0.25, 0.3) is 22.0 Å². The lowest BCUT2D eigenvalue weighted by Crippen LogP contribution is -2.48. The van der Waals surface area contributed by atoms with Crippen LogP contribution in [0, 0.1) is 29.6 Å². The van der Waals surface area contributed by atoms with Gasteiger partial charge in [0, 0.05) is 51.4 Å². The smallest absolute Gasteiger partial charge is 0.240 e. The number of halogens is 3. The number of aryl methyl sites for hydroxylation is 1. The van der Waals surface area contributed by atoms with Crippen molar-refractivity contribution in [2.24, 2.45) is 22.7 Å². The average Bonchev–Trinajstić information content (AvgIpc) is 4.06. The molecular weight excluding hydrogens is 843 g/mol. The molecule has 2 saturated carbocycles. The summed E-state index contributed by atoms with van der Waals surface area (Å²) >= 11 is 7.95. The zero-order valence-electron chi connectivity index (χ0n) is 33.0. The van der Waals surface area contributed by atoms with Gasteiger partial charge in [-0.15, -0.1) is 42.7 Å². The number of hydrogen-bond donors (Lipinski definition) is 1. The summed E-state index contributed by atoms with van der Waals surface area (Å²) in [7, 11) is -2.30. The predicted molar refractivity (Wildman–Crippen MR) is 232 cm³/mol. The number of amides is 2. The molecule has 1 N–H and O–H groups in total. The van der Waals surface area contributed by atoms with Crippen LogP contribution in [0.1, 0.15) is 62.8 Å². The molecule has 1 saturated heterocycles. The van der Waals surface area contributed by atoms with Crippen molar-refractivity contribution in [3.8, 4) is 22.9 Å². The third-order valence-electron chi connectivity index (χ3n) is 11.4. The van der Waals surface area contributed by atoms with Crippen molar-refractivity contribution in [1.82, 2.24) is 19.6 Å². The molecule has 7 rings (SSSR count). The van der Waals surface area contributed by atoms with Crippen LogP contribution in [0.5, 0.6) is 11.6 Å². The SMILES string of the molecule is C=C[C@@H]1C[C@]1(CC(=O)[C@@H]1C[C@@H](Oc2ncc(OC)c3ccc(Cl)cc23)CN1C(=O)[C@@H](Cc1nc(-c2ccccc2)c(C)s1)C(C)(C)C)C(=O)NS(=O)(=O)C1CC1.Cl.Cl. The second-order valence-electron chi connectivity index (χ2n) is 16.3. The van der Waals surface area contributed by atoms with Crippen molar-refractivity contribution in [3.63, 3.8) is 0 Å². The highest BCUT2D eigenvalue weighted by molar-refractivity contribution is 7.90. The largest absolute Gasteiger partial charge is 0.494 e. The van der Waals surface area contributed by atoms with E-state index in [1.54, 1.807) is 47.8 Å². The van der Waals surface area contributed by atoms with E-state index in [9.17, 15) is 22.8 Å². The first-order valence-electron chi connectivity index (χ1n) is 18.9. The highest BCUT2D eigenvalue weighted by Crippen LogP contribution is 2.57. The standard InChI is InChI=1S/C42H47ClN4O7S2.2ClH/c1-7-26-20-42(26,40(50)46-56(51,52)29-14-15-29)21-34(48)33-18-28(54-38-31-17-27(43)13-16-30(31)35(53-6)22-44-38)23-47(33)39(49)32(41(3,4)5)19-36-45-37(24(2)55-36)25-11-9-8-10-12-25;;/h7-13,16-17,22,26,28-29,32-33H,1,14-15,18-21,23H2,2-6H3,(H,46,50);2*1H/t26-,28-,32-,33+,42-;;/m1../s1. The Bertz CT molecular complexity index is 2310. The third-order valence-corrected chi connectivity index (χ3v) is 14.4. The minimum Gasteiger partial charge on any atom is -0.494 e. The zero-order chi connectivity index (χ0) is 40.2. The third kappa shape index (κ3) is 9.18. The van der Waals surface area contributed by atoms with Crippen LogP contribution < -0.4 is 14.2 Å². The molecule has 3 fully saturated rings. The lowest BCUT2D eigenvalue weighted by Gasteiger charge is -2.35. The molecule has 3 heterocycles. The summed E-state index contributed by atoms with van der Waals surface area (Å²) in [5, 5.41) is 2.04. The number of aromatic nitrogens is 2. The van der Waals surface area contributed by atoms with Crippen LogP contribution in [0.2, 0.25) is 5.02 Å². The maximum absolute atomic E-state index is 15.0. The molecule has 2 aliphatic carbocycles. The van der Waals surface area contributed by atoms with Gasteiger partial charge in [-0.3, -0.25) is 19.1 Å². The molecule has 312 valence electrons. The number of nitrogens with one attached hydrogen (secondary N) is 1. The van der Waals surface area contributed by atoms with Gasteiger partial charge in [0.05, 0.1) is 47.3 Å². The minimum absolute atomic E-state index is 0. The van der Waals surface area contributed by atoms with Gasteiger partial charge in [0.15, 0.2) is 5.78 Å². The van der Waals surface area contributed by atoms with E-state index in [1.807, 2.05) is 64.1 Å². The Morgan fingerprint density at radius 2 is 1.83 bits per heavy atom. The van der Waals surface area contributed by atoms with E-state index in [0.717, 1.165) is 26.5 Å². The van der Waals surface area contributed by atoms with Gasteiger partial charge < -0.3 is 14.4 Å². The number of sulfonamides is 1. The lowest BCUT2D eigenvalue weighted by molar-refractivity contribution is -0.144. The van der Waals surface area contributed by atoms with Gasteiger partial charge in [-0.1, -0.05) is 68.8 Å². The Hall–Kier alpha value is -3.75. The fourth-order valence-corrected chi connectivity index (χ4v) is 10.4. The number of rotatable bonds is 14. The average molecular weight is 892 g/mol. The van der Waals surface area contributed by atoms with Gasteiger partial charge in [-0.05, 0) is 55.7 Å². The number of ether oxygens (including phenoxy) is 2. The van der Waals surface area contributed by atoms with Crippen LogP contribution in [-0.2, 0) is 30.8 Å². The second-order valence-corrected chi connectivity index (χ2v) is 20.0. The normalized spacial score (nSPS) is 22.0. The highest BCUT2D eigenvalue weighted by Gasteiger charge is 2.61. The Morgan fingerprint density at radius 1 is 1.12 bits per heavy atom. The molecule has 0 unspecified atom stereocenters. The number of carbonyl (C=O) groups is 3. The lowest BCUT2D eigenvalue weighted by atomic mass is 9.77. The summed E-state index contributed by atoms with van der Waals surface area (Å²) in [6.07, 6.45) is 4.04. The van der Waals surface area contributed by atoms with Gasteiger partial charge in [0.1, 0.15) is 11.9 Å². The van der Waals surface area contributed by atoms with Crippen LogP contribution in [-0.4, -0.2) is 71.9 Å². The Balaban J connectivity index is 0.00000320. The van der Waals surface area contributed by atoms with Crippen LogP contribution in [0.15, 0.2) is 67.4 Å². The summed E-state index contributed by atoms with van der Waals surface area (Å²) in [5.74, 6) is -1.39. The molecule has 2 aromatic heterocycles. The topological polar surface area (TPSA) is 145 Å². The Kier molecular flexibility index (Phi) is 13.6. The molecule has 16 heteroatoms. The van der Waals surface area contributed by atoms with E-state index in [0.29, 0.717) is 35.4 Å². The first-order valence-corrected chi connectivity index (χ1v) is 21.6. The molecule has 3 aliphatic rings. The number of Topliss-reactive ketones (excluding diaryl/α,β-unsaturated/α-hetero) is 1. The van der Waals surface area contributed by atoms with Crippen LogP contribution in [0.3, 0.4) is 0 Å². The van der Waals surface area contributed by atoms with Gasteiger partial charge in [0.25, 0.3) is 0 Å². The molecule has 0 radical (unpaired) electrons. The molecular formula is C42H49Cl3N4O7S2. The Morgan fingerprint density at radius 3 is 2.45 bits per heavy atom. The first kappa shape index (κ1) is 45.3. The molecule has 2 amide bonds. The Labute approximate surface area is 361 Å². The van der Waals surface area contributed by atoms with Crippen LogP contribution >= 0.6 is 47.8 Å². The monoisotopic (exact) mass is 890 g/mol. The second kappa shape index (κ2) is 17.5. The molecule has 58 heavy (non-hydrogen) atoms. The van der Waals surface area contributed by atoms with Crippen molar-refractivity contribution in [2.45, 2.75) is 83.6 Å². The van der Waals surface area contributed by atoms with E-state index in [4.69, 9.17) is 26.1 Å². The van der Waals surface area contributed by atoms with Gasteiger partial charge in [0.2, 0.25) is 27.7 Å². The summed E-state index contributed by atoms with van der Waals surface area (Å²) in [5.41, 5.74) is 0.0806. The first-order chi connectivity index (χ1) is 26.5. The number of benzene rings is 2. The van der Waals surface area contributed by atoms with E-state index in [1.165, 1.54) is 0 Å². The van der Waals surface area contributed by atoms with E-state index in [-0.39, 0.29) is 74.1 Å². The van der Waals surface area contributed by atoms with Gasteiger partial charge >= 0.3 is 0 Å². The number of methoxy groups -OCH3 is 1. The molecule has 0 spiro atoms. The van der Waals surface area contributed by atoms with Crippen molar-refractivity contribution in [3.05, 3.63) is 82.3 Å². The number of likely N-dealkylation sites (tertiary alicyclic amines) is 1. The zero-order valence-corrected chi connectivity index (χ0v) is 37.0. The number of pyridine rings is 1. The minimum atomic E-state index is -3.85.